The Morgan fingerprint density at radius 2 is 1.95 bits per heavy atom. The van der Waals surface area contributed by atoms with E-state index in [1.54, 1.807) is 7.11 Å². The first kappa shape index (κ1) is 13.8. The Morgan fingerprint density at radius 3 is 2.76 bits per heavy atom. The van der Waals surface area contributed by atoms with Crippen molar-refractivity contribution in [1.29, 1.82) is 0 Å². The van der Waals surface area contributed by atoms with E-state index < -0.39 is 0 Å². The molecule has 3 rings (SSSR count). The van der Waals surface area contributed by atoms with Crippen molar-refractivity contribution in [3.05, 3.63) is 53.6 Å². The van der Waals surface area contributed by atoms with Gasteiger partial charge in [0.1, 0.15) is 5.75 Å². The highest BCUT2D eigenvalue weighted by Gasteiger charge is 2.25. The molecule has 0 spiro atoms. The molecule has 0 amide bonds. The lowest BCUT2D eigenvalue weighted by Crippen LogP contribution is -2.29. The van der Waals surface area contributed by atoms with E-state index in [2.05, 4.69) is 48.7 Å². The number of methoxy groups -OCH3 is 1. The third-order valence-corrected chi connectivity index (χ3v) is 4.10. The summed E-state index contributed by atoms with van der Waals surface area (Å²) in [5.41, 5.74) is 4.94. The van der Waals surface area contributed by atoms with Crippen LogP contribution in [0.15, 0.2) is 42.5 Å². The van der Waals surface area contributed by atoms with Gasteiger partial charge in [-0.3, -0.25) is 0 Å². The van der Waals surface area contributed by atoms with Gasteiger partial charge in [-0.2, -0.15) is 0 Å². The van der Waals surface area contributed by atoms with Gasteiger partial charge in [0.2, 0.25) is 0 Å². The van der Waals surface area contributed by atoms with Gasteiger partial charge in [-0.05, 0) is 43.5 Å². The molecule has 0 aliphatic carbocycles. The molecule has 21 heavy (non-hydrogen) atoms. The third kappa shape index (κ3) is 2.68. The predicted molar refractivity (Wildman–Crippen MR) is 88.2 cm³/mol. The van der Waals surface area contributed by atoms with Crippen LogP contribution in [-0.2, 0) is 0 Å². The number of aryl methyl sites for hydroxylation is 1. The molecular formula is C18H22N2O. The lowest BCUT2D eigenvalue weighted by Gasteiger charge is -2.33. The number of anilines is 2. The molecule has 1 aliphatic rings. The quantitative estimate of drug-likeness (QED) is 0.877. The maximum Gasteiger partial charge on any atom is 0.141 e. The molecule has 3 heteroatoms. The molecule has 3 nitrogen and oxygen atoms in total. The molecule has 0 bridgehead atoms. The number of ether oxygens (including phenoxy) is 1. The normalized spacial score (nSPS) is 20.3. The molecule has 0 radical (unpaired) electrons. The van der Waals surface area contributed by atoms with Gasteiger partial charge in [0, 0.05) is 11.7 Å². The second-order valence-electron chi connectivity index (χ2n) is 5.72. The zero-order valence-electron chi connectivity index (χ0n) is 12.8. The van der Waals surface area contributed by atoms with Crippen LogP contribution >= 0.6 is 0 Å². The Kier molecular flexibility index (Phi) is 3.74. The minimum Gasteiger partial charge on any atom is -0.495 e. The van der Waals surface area contributed by atoms with E-state index in [4.69, 9.17) is 4.74 Å². The number of hydrogen-bond donors (Lipinski definition) is 2. The zero-order chi connectivity index (χ0) is 14.8. The summed E-state index contributed by atoms with van der Waals surface area (Å²) in [5.74, 6) is 0.887. The van der Waals surface area contributed by atoms with E-state index in [1.165, 1.54) is 16.8 Å². The first-order chi connectivity index (χ1) is 10.2. The lowest BCUT2D eigenvalue weighted by molar-refractivity contribution is 0.415. The second kappa shape index (κ2) is 5.68. The summed E-state index contributed by atoms with van der Waals surface area (Å²) in [6, 6.07) is 15.3. The molecule has 2 aromatic carbocycles. The molecule has 2 N–H and O–H groups in total. The van der Waals surface area contributed by atoms with E-state index in [9.17, 15) is 0 Å². The Bertz CT molecular complexity index is 639. The second-order valence-corrected chi connectivity index (χ2v) is 5.72. The zero-order valence-corrected chi connectivity index (χ0v) is 12.8. The number of para-hydroxylation sites is 3. The van der Waals surface area contributed by atoms with Crippen LogP contribution in [0.4, 0.5) is 11.4 Å². The van der Waals surface area contributed by atoms with Crippen molar-refractivity contribution < 1.29 is 4.74 Å². The molecule has 0 aromatic heterocycles. The van der Waals surface area contributed by atoms with Crippen molar-refractivity contribution in [1.82, 2.24) is 0 Å². The fourth-order valence-electron chi connectivity index (χ4n) is 3.05. The summed E-state index contributed by atoms with van der Waals surface area (Å²) in [6.45, 7) is 4.39. The third-order valence-electron chi connectivity index (χ3n) is 4.10. The maximum absolute atomic E-state index is 5.45. The predicted octanol–water partition coefficient (Wildman–Crippen LogP) is 4.36. The first-order valence-corrected chi connectivity index (χ1v) is 7.44. The number of nitrogens with one attached hydrogen (secondary N) is 2. The summed E-state index contributed by atoms with van der Waals surface area (Å²) < 4.78 is 5.45. The lowest BCUT2D eigenvalue weighted by atomic mass is 9.91. The van der Waals surface area contributed by atoms with E-state index >= 15 is 0 Å². The molecule has 0 saturated carbocycles. The van der Waals surface area contributed by atoms with Crippen LogP contribution in [0.3, 0.4) is 0 Å². The van der Waals surface area contributed by atoms with Gasteiger partial charge in [-0.25, -0.2) is 0 Å². The number of benzene rings is 2. The molecule has 0 saturated heterocycles. The first-order valence-electron chi connectivity index (χ1n) is 7.44. The van der Waals surface area contributed by atoms with E-state index in [1.807, 2.05) is 18.2 Å². The van der Waals surface area contributed by atoms with E-state index in [0.29, 0.717) is 12.1 Å². The minimum atomic E-state index is 0.299. The van der Waals surface area contributed by atoms with Gasteiger partial charge in [-0.15, -0.1) is 0 Å². The summed E-state index contributed by atoms with van der Waals surface area (Å²) in [6.07, 6.45) is 1.05. The molecule has 2 atom stereocenters. The van der Waals surface area contributed by atoms with Crippen LogP contribution < -0.4 is 15.4 Å². The number of hydrogen-bond acceptors (Lipinski definition) is 3. The molecule has 2 aromatic rings. The van der Waals surface area contributed by atoms with Gasteiger partial charge >= 0.3 is 0 Å². The minimum absolute atomic E-state index is 0.299. The Morgan fingerprint density at radius 1 is 1.14 bits per heavy atom. The summed E-state index contributed by atoms with van der Waals surface area (Å²) in [5, 5.41) is 7.25. The SMILES string of the molecule is COc1ccccc1N[C@@H]1C[C@@H](C)Nc2c(C)cccc21. The van der Waals surface area contributed by atoms with Gasteiger partial charge in [0.05, 0.1) is 18.8 Å². The van der Waals surface area contributed by atoms with Gasteiger partial charge in [0.15, 0.2) is 0 Å². The Labute approximate surface area is 126 Å². The van der Waals surface area contributed by atoms with Crippen LogP contribution in [0.25, 0.3) is 0 Å². The fraction of sp³-hybridized carbons (Fsp3) is 0.333. The van der Waals surface area contributed by atoms with Crippen molar-refractivity contribution >= 4 is 11.4 Å². The highest BCUT2D eigenvalue weighted by Crippen LogP contribution is 2.38. The molecule has 1 heterocycles. The van der Waals surface area contributed by atoms with Crippen molar-refractivity contribution in [2.45, 2.75) is 32.4 Å². The summed E-state index contributed by atoms with van der Waals surface area (Å²) in [7, 11) is 1.71. The van der Waals surface area contributed by atoms with E-state index in [-0.39, 0.29) is 0 Å². The summed E-state index contributed by atoms with van der Waals surface area (Å²) in [4.78, 5) is 0. The smallest absolute Gasteiger partial charge is 0.141 e. The van der Waals surface area contributed by atoms with Crippen LogP contribution in [0, 0.1) is 6.92 Å². The fourth-order valence-corrected chi connectivity index (χ4v) is 3.05. The van der Waals surface area contributed by atoms with Gasteiger partial charge in [-0.1, -0.05) is 30.3 Å². The molecule has 110 valence electrons. The highest BCUT2D eigenvalue weighted by molar-refractivity contribution is 5.64. The van der Waals surface area contributed by atoms with Crippen LogP contribution in [0.2, 0.25) is 0 Å². The van der Waals surface area contributed by atoms with Gasteiger partial charge in [0.25, 0.3) is 0 Å². The van der Waals surface area contributed by atoms with Gasteiger partial charge < -0.3 is 15.4 Å². The number of rotatable bonds is 3. The van der Waals surface area contributed by atoms with Crippen LogP contribution in [0.1, 0.15) is 30.5 Å². The van der Waals surface area contributed by atoms with Crippen LogP contribution in [-0.4, -0.2) is 13.2 Å². The standard InChI is InChI=1S/C18H22N2O/c1-12-7-6-8-14-16(11-13(2)19-18(12)14)20-15-9-4-5-10-17(15)21-3/h4-10,13,16,19-20H,11H2,1-3H3/t13-,16-/m1/s1. The monoisotopic (exact) mass is 282 g/mol. The Balaban J connectivity index is 1.95. The molecule has 1 aliphatic heterocycles. The van der Waals surface area contributed by atoms with Crippen LogP contribution in [0.5, 0.6) is 5.75 Å². The van der Waals surface area contributed by atoms with E-state index in [0.717, 1.165) is 17.9 Å². The molecule has 0 unspecified atom stereocenters. The van der Waals surface area contributed by atoms with Crippen molar-refractivity contribution in [2.24, 2.45) is 0 Å². The maximum atomic E-state index is 5.45. The average Bonchev–Trinajstić information content (AvgIpc) is 2.49. The largest absolute Gasteiger partial charge is 0.495 e. The number of fused-ring (bicyclic) bond motifs is 1. The van der Waals surface area contributed by atoms with Crippen molar-refractivity contribution in [3.63, 3.8) is 0 Å². The Hall–Kier alpha value is -2.16. The molecular weight excluding hydrogens is 260 g/mol. The van der Waals surface area contributed by atoms with Crippen molar-refractivity contribution in [3.8, 4) is 5.75 Å². The summed E-state index contributed by atoms with van der Waals surface area (Å²) >= 11 is 0. The highest BCUT2D eigenvalue weighted by atomic mass is 16.5. The van der Waals surface area contributed by atoms with Crippen molar-refractivity contribution in [2.75, 3.05) is 17.7 Å². The topological polar surface area (TPSA) is 33.3 Å². The average molecular weight is 282 g/mol. The molecule has 0 fully saturated rings.